The van der Waals surface area contributed by atoms with Crippen molar-refractivity contribution in [2.24, 2.45) is 0 Å². The van der Waals surface area contributed by atoms with E-state index in [1.807, 2.05) is 26.8 Å². The van der Waals surface area contributed by atoms with Crippen LogP contribution in [0.5, 0.6) is 17.2 Å². The molecule has 29 heavy (non-hydrogen) atoms. The lowest BCUT2D eigenvalue weighted by Crippen LogP contribution is -2.13. The second-order valence-electron chi connectivity index (χ2n) is 5.78. The largest absolute Gasteiger partial charge is 0.494 e. The molecule has 0 unspecified atom stereocenters. The van der Waals surface area contributed by atoms with Gasteiger partial charge in [0.1, 0.15) is 17.4 Å². The molecule has 0 radical (unpaired) electrons. The fourth-order valence-corrected chi connectivity index (χ4v) is 3.14. The molecule has 7 heteroatoms. The van der Waals surface area contributed by atoms with Gasteiger partial charge in [-0.05, 0) is 72.6 Å². The lowest BCUT2D eigenvalue weighted by Gasteiger charge is -2.13. The Morgan fingerprint density at radius 2 is 1.83 bits per heavy atom. The van der Waals surface area contributed by atoms with Crippen LogP contribution < -0.4 is 19.5 Å². The molecule has 0 aliphatic carbocycles. The minimum absolute atomic E-state index is 0.0367. The van der Waals surface area contributed by atoms with Gasteiger partial charge in [0.2, 0.25) is 0 Å². The Hall–Kier alpha value is -2.98. The first kappa shape index (κ1) is 22.3. The van der Waals surface area contributed by atoms with Gasteiger partial charge < -0.3 is 19.5 Å². The van der Waals surface area contributed by atoms with Crippen LogP contribution in [0.4, 0.5) is 5.69 Å². The van der Waals surface area contributed by atoms with Crippen LogP contribution in [0.2, 0.25) is 0 Å². The van der Waals surface area contributed by atoms with E-state index >= 15 is 0 Å². The zero-order valence-electron chi connectivity index (χ0n) is 16.6. The van der Waals surface area contributed by atoms with Crippen molar-refractivity contribution in [3.8, 4) is 23.3 Å². The fraction of sp³-hybridized carbons (Fsp3) is 0.273. The van der Waals surface area contributed by atoms with Crippen molar-refractivity contribution < 1.29 is 19.0 Å². The van der Waals surface area contributed by atoms with Crippen LogP contribution in [0.25, 0.3) is 6.08 Å². The number of carbonyl (C=O) groups is 1. The predicted octanol–water partition coefficient (Wildman–Crippen LogP) is 5.19. The van der Waals surface area contributed by atoms with Crippen LogP contribution in [-0.2, 0) is 4.79 Å². The Balaban J connectivity index is 2.29. The molecule has 0 bridgehead atoms. The van der Waals surface area contributed by atoms with Crippen molar-refractivity contribution in [2.75, 3.05) is 25.1 Å². The highest BCUT2D eigenvalue weighted by Crippen LogP contribution is 2.37. The first-order valence-electron chi connectivity index (χ1n) is 9.27. The van der Waals surface area contributed by atoms with Gasteiger partial charge in [-0.25, -0.2) is 0 Å². The smallest absolute Gasteiger partial charge is 0.266 e. The molecule has 6 nitrogen and oxygen atoms in total. The third-order valence-electron chi connectivity index (χ3n) is 3.70. The number of hydrogen-bond donors (Lipinski definition) is 1. The predicted molar refractivity (Wildman–Crippen MR) is 116 cm³/mol. The number of anilines is 1. The summed E-state index contributed by atoms with van der Waals surface area (Å²) in [5.74, 6) is 1.26. The average molecular weight is 459 g/mol. The zero-order valence-corrected chi connectivity index (χ0v) is 18.2. The topological polar surface area (TPSA) is 80.6 Å². The summed E-state index contributed by atoms with van der Waals surface area (Å²) in [6.45, 7) is 7.11. The Morgan fingerprint density at radius 1 is 1.10 bits per heavy atom. The number of carbonyl (C=O) groups excluding carboxylic acids is 1. The molecule has 0 aromatic heterocycles. The Labute approximate surface area is 179 Å². The molecule has 0 atom stereocenters. The van der Waals surface area contributed by atoms with Crippen LogP contribution in [0.3, 0.4) is 0 Å². The molecule has 0 fully saturated rings. The van der Waals surface area contributed by atoms with Gasteiger partial charge in [0, 0.05) is 11.8 Å². The van der Waals surface area contributed by atoms with E-state index in [2.05, 4.69) is 21.2 Å². The third-order valence-corrected chi connectivity index (χ3v) is 4.29. The number of halogens is 1. The van der Waals surface area contributed by atoms with Gasteiger partial charge in [-0.1, -0.05) is 6.07 Å². The third kappa shape index (κ3) is 6.26. The number of ether oxygens (including phenoxy) is 3. The maximum atomic E-state index is 12.6. The number of nitriles is 1. The van der Waals surface area contributed by atoms with E-state index in [-0.39, 0.29) is 5.57 Å². The summed E-state index contributed by atoms with van der Waals surface area (Å²) in [5, 5.41) is 12.2. The Kier molecular flexibility index (Phi) is 8.56. The van der Waals surface area contributed by atoms with Gasteiger partial charge in [-0.3, -0.25) is 4.79 Å². The lowest BCUT2D eigenvalue weighted by atomic mass is 10.1. The summed E-state index contributed by atoms with van der Waals surface area (Å²) in [5.41, 5.74) is 1.15. The maximum Gasteiger partial charge on any atom is 0.266 e. The summed E-state index contributed by atoms with van der Waals surface area (Å²) in [6.07, 6.45) is 1.50. The summed E-state index contributed by atoms with van der Waals surface area (Å²) in [6, 6.07) is 12.5. The quantitative estimate of drug-likeness (QED) is 0.412. The number of rotatable bonds is 9. The number of hydrogen-bond acceptors (Lipinski definition) is 5. The van der Waals surface area contributed by atoms with Crippen LogP contribution in [-0.4, -0.2) is 25.7 Å². The second kappa shape index (κ2) is 11.1. The van der Waals surface area contributed by atoms with E-state index in [9.17, 15) is 10.1 Å². The molecule has 2 rings (SSSR count). The molecule has 2 aromatic carbocycles. The Bertz CT molecular complexity index is 935. The lowest BCUT2D eigenvalue weighted by molar-refractivity contribution is -0.112. The fourth-order valence-electron chi connectivity index (χ4n) is 2.56. The number of amides is 1. The van der Waals surface area contributed by atoms with Gasteiger partial charge in [0.05, 0.1) is 24.3 Å². The second-order valence-corrected chi connectivity index (χ2v) is 6.64. The first-order valence-corrected chi connectivity index (χ1v) is 10.1. The molecule has 1 amide bonds. The molecule has 0 saturated heterocycles. The van der Waals surface area contributed by atoms with E-state index < -0.39 is 5.91 Å². The standard InChI is InChI=1S/C22H23BrN2O4/c1-4-27-18-9-7-8-17(13-18)25-22(26)16(14-24)10-15-11-19(23)21(29-6-3)20(12-15)28-5-2/h7-13H,4-6H2,1-3H3,(H,25,26)/b16-10+. The van der Waals surface area contributed by atoms with E-state index in [4.69, 9.17) is 14.2 Å². The molecule has 0 spiro atoms. The van der Waals surface area contributed by atoms with E-state index in [0.717, 1.165) is 0 Å². The minimum atomic E-state index is -0.510. The van der Waals surface area contributed by atoms with Crippen LogP contribution in [0, 0.1) is 11.3 Å². The minimum Gasteiger partial charge on any atom is -0.494 e. The molecule has 0 aliphatic heterocycles. The molecule has 152 valence electrons. The van der Waals surface area contributed by atoms with E-state index in [1.54, 1.807) is 36.4 Å². The summed E-state index contributed by atoms with van der Waals surface area (Å²) in [4.78, 5) is 12.6. The van der Waals surface area contributed by atoms with Gasteiger partial charge in [-0.15, -0.1) is 0 Å². The van der Waals surface area contributed by atoms with Crippen molar-refractivity contribution in [1.82, 2.24) is 0 Å². The molecule has 1 N–H and O–H groups in total. The number of nitrogens with one attached hydrogen (secondary N) is 1. The van der Waals surface area contributed by atoms with Gasteiger partial charge in [0.15, 0.2) is 11.5 Å². The highest BCUT2D eigenvalue weighted by Gasteiger charge is 2.14. The summed E-state index contributed by atoms with van der Waals surface area (Å²) in [7, 11) is 0. The van der Waals surface area contributed by atoms with Crippen LogP contribution >= 0.6 is 15.9 Å². The first-order chi connectivity index (χ1) is 14.0. The summed E-state index contributed by atoms with van der Waals surface area (Å²) < 4.78 is 17.4. The molecular formula is C22H23BrN2O4. The van der Waals surface area contributed by atoms with E-state index in [0.29, 0.717) is 52.8 Å². The highest BCUT2D eigenvalue weighted by atomic mass is 79.9. The van der Waals surface area contributed by atoms with Gasteiger partial charge in [0.25, 0.3) is 5.91 Å². The highest BCUT2D eigenvalue weighted by molar-refractivity contribution is 9.10. The van der Waals surface area contributed by atoms with Crippen molar-refractivity contribution in [3.63, 3.8) is 0 Å². The van der Waals surface area contributed by atoms with Gasteiger partial charge >= 0.3 is 0 Å². The van der Waals surface area contributed by atoms with Crippen molar-refractivity contribution in [2.45, 2.75) is 20.8 Å². The number of nitrogens with zero attached hydrogens (tertiary/aromatic N) is 1. The van der Waals surface area contributed by atoms with Crippen LogP contribution in [0.15, 0.2) is 46.4 Å². The SMILES string of the molecule is CCOc1cccc(NC(=O)/C(C#N)=C/c2cc(Br)c(OCC)c(OCC)c2)c1. The monoisotopic (exact) mass is 458 g/mol. The molecular weight excluding hydrogens is 436 g/mol. The zero-order chi connectivity index (χ0) is 21.2. The molecule has 2 aromatic rings. The Morgan fingerprint density at radius 3 is 2.48 bits per heavy atom. The molecule has 0 saturated carbocycles. The normalized spacial score (nSPS) is 10.8. The van der Waals surface area contributed by atoms with Crippen molar-refractivity contribution >= 4 is 33.6 Å². The van der Waals surface area contributed by atoms with Gasteiger partial charge in [-0.2, -0.15) is 5.26 Å². The maximum absolute atomic E-state index is 12.6. The van der Waals surface area contributed by atoms with Crippen LogP contribution in [0.1, 0.15) is 26.3 Å². The van der Waals surface area contributed by atoms with Crippen molar-refractivity contribution in [3.05, 3.63) is 52.0 Å². The van der Waals surface area contributed by atoms with E-state index in [1.165, 1.54) is 6.08 Å². The molecule has 0 heterocycles. The van der Waals surface area contributed by atoms with Crippen molar-refractivity contribution in [1.29, 1.82) is 5.26 Å². The average Bonchev–Trinajstić information content (AvgIpc) is 2.69. The number of benzene rings is 2. The molecule has 0 aliphatic rings. The summed E-state index contributed by atoms with van der Waals surface area (Å²) >= 11 is 3.46.